The maximum absolute atomic E-state index is 14.8. The van der Waals surface area contributed by atoms with Gasteiger partial charge in [-0.3, -0.25) is 9.59 Å². The van der Waals surface area contributed by atoms with E-state index in [0.29, 0.717) is 29.0 Å². The molecule has 37 heavy (non-hydrogen) atoms. The van der Waals surface area contributed by atoms with Crippen LogP contribution in [0.1, 0.15) is 73.0 Å². The first-order valence-electron chi connectivity index (χ1n) is 13.2. The van der Waals surface area contributed by atoms with E-state index in [1.54, 1.807) is 17.7 Å². The van der Waals surface area contributed by atoms with Crippen LogP contribution < -0.4 is 16.2 Å². The summed E-state index contributed by atoms with van der Waals surface area (Å²) in [6.07, 6.45) is 3.76. The zero-order valence-corrected chi connectivity index (χ0v) is 21.1. The average molecular weight is 515 g/mol. The van der Waals surface area contributed by atoms with Crippen LogP contribution in [0, 0.1) is 23.6 Å². The molecule has 2 heterocycles. The third kappa shape index (κ3) is 4.06. The number of carbonyl (C=O) groups excluding carboxylic acids is 1. The highest BCUT2D eigenvalue weighted by Gasteiger charge is 2.58. The number of rotatable bonds is 7. The SMILES string of the molecule is C[C@@H](NC(=O)c1cn(C23CC(C2)C3)c(=O)cc1N[C@@H]1[C@@H]2CC[C@H]1CN(C)C2)c1cccc(C(F)F)c1F. The quantitative estimate of drug-likeness (QED) is 0.563. The third-order valence-electron chi connectivity index (χ3n) is 9.26. The van der Waals surface area contributed by atoms with Crippen LogP contribution >= 0.6 is 0 Å². The molecule has 4 atom stereocenters. The van der Waals surface area contributed by atoms with Crippen molar-refractivity contribution < 1.29 is 18.0 Å². The van der Waals surface area contributed by atoms with Gasteiger partial charge in [0.2, 0.25) is 0 Å². The van der Waals surface area contributed by atoms with Crippen LogP contribution in [0.3, 0.4) is 0 Å². The monoisotopic (exact) mass is 514 g/mol. The first-order valence-corrected chi connectivity index (χ1v) is 13.2. The number of hydrogen-bond donors (Lipinski definition) is 2. The molecule has 5 aliphatic rings. The van der Waals surface area contributed by atoms with Gasteiger partial charge >= 0.3 is 0 Å². The van der Waals surface area contributed by atoms with Gasteiger partial charge in [0, 0.05) is 42.5 Å². The van der Waals surface area contributed by atoms with Crippen molar-refractivity contribution in [1.82, 2.24) is 14.8 Å². The fourth-order valence-corrected chi connectivity index (χ4v) is 7.23. The van der Waals surface area contributed by atoms with E-state index < -0.39 is 29.8 Å². The van der Waals surface area contributed by atoms with Gasteiger partial charge in [0.1, 0.15) is 5.82 Å². The largest absolute Gasteiger partial charge is 0.381 e. The number of halogens is 3. The molecule has 4 bridgehead atoms. The Labute approximate surface area is 214 Å². The number of piperidine rings is 1. The minimum Gasteiger partial charge on any atom is -0.381 e. The van der Waals surface area contributed by atoms with Crippen LogP contribution in [0.4, 0.5) is 18.9 Å². The predicted octanol–water partition coefficient (Wildman–Crippen LogP) is 4.68. The van der Waals surface area contributed by atoms with Gasteiger partial charge in [-0.2, -0.15) is 0 Å². The highest BCUT2D eigenvalue weighted by molar-refractivity contribution is 5.99. The number of anilines is 1. The number of fused-ring (bicyclic) bond motifs is 2. The fraction of sp³-hybridized carbons (Fsp3) is 0.571. The molecule has 0 spiro atoms. The normalized spacial score (nSPS) is 31.0. The maximum Gasteiger partial charge on any atom is 0.266 e. The lowest BCUT2D eigenvalue weighted by Crippen LogP contribution is -2.62. The summed E-state index contributed by atoms with van der Waals surface area (Å²) in [5.74, 6) is 0.0550. The van der Waals surface area contributed by atoms with Crippen molar-refractivity contribution >= 4 is 11.6 Å². The summed E-state index contributed by atoms with van der Waals surface area (Å²) in [6, 6.07) is 4.70. The highest BCUT2D eigenvalue weighted by atomic mass is 19.3. The molecular formula is C28H33F3N4O2. The van der Waals surface area contributed by atoms with Gasteiger partial charge < -0.3 is 20.1 Å². The zero-order valence-electron chi connectivity index (χ0n) is 21.1. The Bertz CT molecular complexity index is 1260. The Kier molecular flexibility index (Phi) is 5.89. The molecule has 5 fully saturated rings. The number of hydrogen-bond acceptors (Lipinski definition) is 4. The topological polar surface area (TPSA) is 66.4 Å². The van der Waals surface area contributed by atoms with Crippen molar-refractivity contribution in [1.29, 1.82) is 0 Å². The van der Waals surface area contributed by atoms with Crippen molar-refractivity contribution in [3.8, 4) is 0 Å². The third-order valence-corrected chi connectivity index (χ3v) is 9.26. The molecule has 1 saturated heterocycles. The first-order chi connectivity index (χ1) is 17.6. The second-order valence-electron chi connectivity index (χ2n) is 11.7. The van der Waals surface area contributed by atoms with Crippen LogP contribution in [-0.2, 0) is 5.54 Å². The molecule has 6 nitrogen and oxygen atoms in total. The van der Waals surface area contributed by atoms with Crippen molar-refractivity contribution in [2.75, 3.05) is 25.5 Å². The lowest BCUT2D eigenvalue weighted by atomic mass is 9.49. The lowest BCUT2D eigenvalue weighted by molar-refractivity contribution is -0.0914. The van der Waals surface area contributed by atoms with Gasteiger partial charge in [0.05, 0.1) is 22.9 Å². The molecule has 1 aromatic heterocycles. The molecule has 2 aromatic rings. The van der Waals surface area contributed by atoms with Crippen LogP contribution in [0.5, 0.6) is 0 Å². The molecule has 2 N–H and O–H groups in total. The van der Waals surface area contributed by atoms with E-state index in [4.69, 9.17) is 0 Å². The van der Waals surface area contributed by atoms with Crippen LogP contribution in [0.2, 0.25) is 0 Å². The Hall–Kier alpha value is -2.81. The van der Waals surface area contributed by atoms with E-state index in [-0.39, 0.29) is 22.7 Å². The molecule has 4 saturated carbocycles. The first kappa shape index (κ1) is 24.5. The van der Waals surface area contributed by atoms with Gasteiger partial charge in [0.15, 0.2) is 0 Å². The number of alkyl halides is 2. The zero-order chi connectivity index (χ0) is 26.1. The summed E-state index contributed by atoms with van der Waals surface area (Å²) in [5.41, 5.74) is -0.185. The van der Waals surface area contributed by atoms with Gasteiger partial charge in [0.25, 0.3) is 17.9 Å². The molecule has 1 amide bonds. The summed E-state index contributed by atoms with van der Waals surface area (Å²) in [6.45, 7) is 3.51. The number of amides is 1. The molecule has 1 aliphatic heterocycles. The molecule has 0 unspecified atom stereocenters. The van der Waals surface area contributed by atoms with E-state index in [1.165, 1.54) is 18.2 Å². The number of likely N-dealkylation sites (tertiary alicyclic amines) is 1. The number of nitrogens with one attached hydrogen (secondary N) is 2. The molecule has 198 valence electrons. The number of carbonyl (C=O) groups is 1. The number of pyridine rings is 1. The van der Waals surface area contributed by atoms with Crippen LogP contribution in [0.25, 0.3) is 0 Å². The molecule has 1 aromatic carbocycles. The second-order valence-corrected chi connectivity index (χ2v) is 11.7. The molecule has 0 radical (unpaired) electrons. The van der Waals surface area contributed by atoms with E-state index in [9.17, 15) is 22.8 Å². The minimum absolute atomic E-state index is 0.00163. The Morgan fingerprint density at radius 3 is 2.35 bits per heavy atom. The molecule has 4 aliphatic carbocycles. The van der Waals surface area contributed by atoms with Gasteiger partial charge in [-0.05, 0) is 63.8 Å². The van der Waals surface area contributed by atoms with Crippen molar-refractivity contribution in [3.63, 3.8) is 0 Å². The second kappa shape index (κ2) is 8.89. The van der Waals surface area contributed by atoms with Gasteiger partial charge in [-0.1, -0.05) is 18.2 Å². The number of nitrogens with zero attached hydrogens (tertiary/aromatic N) is 2. The molecule has 9 heteroatoms. The summed E-state index contributed by atoms with van der Waals surface area (Å²) in [4.78, 5) is 29.2. The van der Waals surface area contributed by atoms with E-state index in [1.807, 2.05) is 0 Å². The average Bonchev–Trinajstić information content (AvgIpc) is 3.01. The highest BCUT2D eigenvalue weighted by Crippen LogP contribution is 2.61. The van der Waals surface area contributed by atoms with Crippen LogP contribution in [-0.4, -0.2) is 41.6 Å². The number of aromatic nitrogens is 1. The summed E-state index contributed by atoms with van der Waals surface area (Å²) in [5, 5.41) is 6.36. The fourth-order valence-electron chi connectivity index (χ4n) is 7.23. The van der Waals surface area contributed by atoms with Crippen molar-refractivity contribution in [3.05, 3.63) is 63.3 Å². The van der Waals surface area contributed by atoms with Gasteiger partial charge in [-0.15, -0.1) is 0 Å². The van der Waals surface area contributed by atoms with E-state index in [2.05, 4.69) is 22.6 Å². The smallest absolute Gasteiger partial charge is 0.266 e. The summed E-state index contributed by atoms with van der Waals surface area (Å²) in [7, 11) is 2.12. The standard InChI is InChI=1S/C28H33F3N4O2/c1-15(19-4-3-5-20(24(19)29)26(30)31)32-27(37)21-14-35(28-9-16(10-28)11-28)23(36)8-22(21)33-25-17-6-7-18(25)13-34(2)12-17/h3-5,8,14-18,25-26,33H,6-7,9-13H2,1-2H3,(H,32,37)/t15-,16?,17-,18+,25-,28?/m1/s1. The Morgan fingerprint density at radius 1 is 1.11 bits per heavy atom. The summed E-state index contributed by atoms with van der Waals surface area (Å²) >= 11 is 0. The lowest BCUT2D eigenvalue weighted by Gasteiger charge is -2.62. The Morgan fingerprint density at radius 2 is 1.76 bits per heavy atom. The maximum atomic E-state index is 14.8. The summed E-state index contributed by atoms with van der Waals surface area (Å²) < 4.78 is 43.0. The minimum atomic E-state index is -2.94. The number of benzene rings is 1. The molecule has 7 rings (SSSR count). The molecular weight excluding hydrogens is 481 g/mol. The van der Waals surface area contributed by atoms with E-state index in [0.717, 1.165) is 51.3 Å². The van der Waals surface area contributed by atoms with Crippen molar-refractivity contribution in [2.45, 2.75) is 63.1 Å². The van der Waals surface area contributed by atoms with E-state index >= 15 is 0 Å². The predicted molar refractivity (Wildman–Crippen MR) is 134 cm³/mol. The van der Waals surface area contributed by atoms with Crippen LogP contribution in [0.15, 0.2) is 35.3 Å². The van der Waals surface area contributed by atoms with Crippen molar-refractivity contribution in [2.24, 2.45) is 17.8 Å². The van der Waals surface area contributed by atoms with Gasteiger partial charge in [-0.25, -0.2) is 13.2 Å². The Balaban J connectivity index is 1.31.